The molecule has 0 bridgehead atoms. The van der Waals surface area contributed by atoms with E-state index in [2.05, 4.69) is 10.6 Å². The van der Waals surface area contributed by atoms with Crippen LogP contribution in [0, 0.1) is 0 Å². The second-order valence-electron chi connectivity index (χ2n) is 4.75. The highest BCUT2D eigenvalue weighted by atomic mass is 16.6. The Hall–Kier alpha value is -0.650. The maximum atomic E-state index is 11.6. The van der Waals surface area contributed by atoms with Crippen LogP contribution in [0.2, 0.25) is 0 Å². The van der Waals surface area contributed by atoms with Gasteiger partial charge in [0.25, 0.3) is 0 Å². The van der Waals surface area contributed by atoms with Gasteiger partial charge >= 0.3 is 0 Å². The Labute approximate surface area is 102 Å². The van der Waals surface area contributed by atoms with Gasteiger partial charge in [-0.15, -0.1) is 0 Å². The van der Waals surface area contributed by atoms with Crippen LogP contribution >= 0.6 is 0 Å². The quantitative estimate of drug-likeness (QED) is 0.715. The molecule has 1 amide bonds. The van der Waals surface area contributed by atoms with Crippen molar-refractivity contribution in [3.05, 3.63) is 0 Å². The van der Waals surface area contributed by atoms with Crippen LogP contribution in [-0.2, 0) is 14.3 Å². The lowest BCUT2D eigenvalue weighted by Crippen LogP contribution is -2.43. The molecule has 17 heavy (non-hydrogen) atoms. The Morgan fingerprint density at radius 2 is 2.06 bits per heavy atom. The summed E-state index contributed by atoms with van der Waals surface area (Å²) in [6.45, 7) is 3.00. The molecule has 1 saturated carbocycles. The smallest absolute Gasteiger partial charge is 0.234 e. The average molecular weight is 242 g/mol. The Bertz CT molecular complexity index is 236. The average Bonchev–Trinajstić information content (AvgIpc) is 2.83. The normalized spacial score (nSPS) is 26.0. The van der Waals surface area contributed by atoms with Gasteiger partial charge in [0.15, 0.2) is 0 Å². The molecule has 2 fully saturated rings. The van der Waals surface area contributed by atoms with E-state index < -0.39 is 0 Å². The van der Waals surface area contributed by atoms with Crippen LogP contribution in [0.1, 0.15) is 25.7 Å². The van der Waals surface area contributed by atoms with Crippen molar-refractivity contribution in [2.45, 2.75) is 37.8 Å². The first-order chi connectivity index (χ1) is 8.34. The largest absolute Gasteiger partial charge is 0.376 e. The summed E-state index contributed by atoms with van der Waals surface area (Å²) in [5, 5.41) is 6.15. The van der Waals surface area contributed by atoms with Crippen molar-refractivity contribution in [2.75, 3.05) is 32.9 Å². The molecule has 2 rings (SSSR count). The maximum Gasteiger partial charge on any atom is 0.234 e. The molecule has 2 aliphatic rings. The van der Waals surface area contributed by atoms with Crippen molar-refractivity contribution in [3.63, 3.8) is 0 Å². The van der Waals surface area contributed by atoms with Crippen LogP contribution < -0.4 is 10.6 Å². The molecule has 1 heterocycles. The molecule has 1 saturated heterocycles. The summed E-state index contributed by atoms with van der Waals surface area (Å²) < 4.78 is 10.8. The molecule has 5 nitrogen and oxygen atoms in total. The molecule has 0 radical (unpaired) electrons. The number of carbonyl (C=O) groups excluding carboxylic acids is 1. The highest BCUT2D eigenvalue weighted by Gasteiger charge is 2.17. The number of carbonyl (C=O) groups is 1. The highest BCUT2D eigenvalue weighted by Crippen LogP contribution is 2.17. The molecule has 1 atom stereocenters. The van der Waals surface area contributed by atoms with Crippen LogP contribution in [0.25, 0.3) is 0 Å². The molecule has 0 aromatic carbocycles. The summed E-state index contributed by atoms with van der Waals surface area (Å²) in [6.07, 6.45) is 4.83. The lowest BCUT2D eigenvalue weighted by Gasteiger charge is -2.23. The van der Waals surface area contributed by atoms with Gasteiger partial charge in [-0.2, -0.15) is 0 Å². The molecule has 1 unspecified atom stereocenters. The van der Waals surface area contributed by atoms with Crippen molar-refractivity contribution < 1.29 is 14.3 Å². The zero-order chi connectivity index (χ0) is 11.9. The zero-order valence-electron chi connectivity index (χ0n) is 10.2. The van der Waals surface area contributed by atoms with Crippen molar-refractivity contribution in [1.82, 2.24) is 10.6 Å². The molecule has 0 spiro atoms. The molecule has 0 aromatic rings. The number of amides is 1. The number of ether oxygens (including phenoxy) is 2. The van der Waals surface area contributed by atoms with Gasteiger partial charge in [-0.25, -0.2) is 0 Å². The summed E-state index contributed by atoms with van der Waals surface area (Å²) in [5.74, 6) is 0.0913. The molecular weight excluding hydrogens is 220 g/mol. The summed E-state index contributed by atoms with van der Waals surface area (Å²) in [5.41, 5.74) is 0. The van der Waals surface area contributed by atoms with E-state index >= 15 is 0 Å². The minimum absolute atomic E-state index is 0.0861. The fraction of sp³-hybridized carbons (Fsp3) is 0.917. The van der Waals surface area contributed by atoms with E-state index in [9.17, 15) is 4.79 Å². The monoisotopic (exact) mass is 242 g/mol. The van der Waals surface area contributed by atoms with E-state index in [1.54, 1.807) is 0 Å². The third kappa shape index (κ3) is 4.61. The molecule has 98 valence electrons. The predicted octanol–water partition coefficient (Wildman–Crippen LogP) is 0.0502. The van der Waals surface area contributed by atoms with Gasteiger partial charge in [-0.1, -0.05) is 12.8 Å². The summed E-state index contributed by atoms with van der Waals surface area (Å²) in [4.78, 5) is 11.6. The predicted molar refractivity (Wildman–Crippen MR) is 63.8 cm³/mol. The van der Waals surface area contributed by atoms with E-state index in [0.717, 1.165) is 12.8 Å². The van der Waals surface area contributed by atoms with E-state index in [-0.39, 0.29) is 12.0 Å². The molecule has 5 heteroatoms. The van der Waals surface area contributed by atoms with Crippen LogP contribution in [0.15, 0.2) is 0 Å². The van der Waals surface area contributed by atoms with Gasteiger partial charge in [-0.05, 0) is 12.8 Å². The van der Waals surface area contributed by atoms with Crippen LogP contribution in [0.3, 0.4) is 0 Å². The Morgan fingerprint density at radius 3 is 2.76 bits per heavy atom. The van der Waals surface area contributed by atoms with Crippen molar-refractivity contribution in [2.24, 2.45) is 0 Å². The fourth-order valence-corrected chi connectivity index (χ4v) is 2.35. The van der Waals surface area contributed by atoms with Gasteiger partial charge in [-0.3, -0.25) is 4.79 Å². The van der Waals surface area contributed by atoms with Gasteiger partial charge in [0.1, 0.15) is 0 Å². The van der Waals surface area contributed by atoms with Crippen LogP contribution in [0.5, 0.6) is 0 Å². The minimum Gasteiger partial charge on any atom is -0.376 e. The molecule has 2 N–H and O–H groups in total. The number of hydrogen-bond acceptors (Lipinski definition) is 4. The van der Waals surface area contributed by atoms with Crippen molar-refractivity contribution >= 4 is 5.91 Å². The first-order valence-electron chi connectivity index (χ1n) is 6.54. The zero-order valence-corrected chi connectivity index (χ0v) is 10.2. The van der Waals surface area contributed by atoms with E-state index in [0.29, 0.717) is 39.0 Å². The van der Waals surface area contributed by atoms with E-state index in [1.165, 1.54) is 12.8 Å². The fourth-order valence-electron chi connectivity index (χ4n) is 2.35. The van der Waals surface area contributed by atoms with Gasteiger partial charge in [0.05, 0.1) is 32.5 Å². The van der Waals surface area contributed by atoms with E-state index in [1.807, 2.05) is 0 Å². The molecular formula is C12H22N2O3. The second-order valence-corrected chi connectivity index (χ2v) is 4.75. The summed E-state index contributed by atoms with van der Waals surface area (Å²) in [6, 6.07) is 0.401. The SMILES string of the molecule is O=C(CNCC1COCCO1)NC1CCCC1. The first-order valence-corrected chi connectivity index (χ1v) is 6.54. The third-order valence-corrected chi connectivity index (χ3v) is 3.26. The highest BCUT2D eigenvalue weighted by molar-refractivity contribution is 5.78. The third-order valence-electron chi connectivity index (χ3n) is 3.26. The van der Waals surface area contributed by atoms with Crippen molar-refractivity contribution in [3.8, 4) is 0 Å². The molecule has 1 aliphatic carbocycles. The molecule has 0 aromatic heterocycles. The Morgan fingerprint density at radius 1 is 1.24 bits per heavy atom. The first kappa shape index (κ1) is 12.8. The van der Waals surface area contributed by atoms with Crippen LogP contribution in [0.4, 0.5) is 0 Å². The van der Waals surface area contributed by atoms with E-state index in [4.69, 9.17) is 9.47 Å². The standard InChI is InChI=1S/C12H22N2O3/c15-12(14-10-3-1-2-4-10)8-13-7-11-9-16-5-6-17-11/h10-11,13H,1-9H2,(H,14,15). The topological polar surface area (TPSA) is 59.6 Å². The van der Waals surface area contributed by atoms with Gasteiger partial charge < -0.3 is 20.1 Å². The number of hydrogen-bond donors (Lipinski definition) is 2. The minimum atomic E-state index is 0.0861. The Balaban J connectivity index is 1.53. The summed E-state index contributed by atoms with van der Waals surface area (Å²) >= 11 is 0. The lowest BCUT2D eigenvalue weighted by molar-refractivity contribution is -0.121. The molecule has 1 aliphatic heterocycles. The van der Waals surface area contributed by atoms with Gasteiger partial charge in [0.2, 0.25) is 5.91 Å². The van der Waals surface area contributed by atoms with Crippen LogP contribution in [-0.4, -0.2) is 51.0 Å². The number of nitrogens with one attached hydrogen (secondary N) is 2. The second kappa shape index (κ2) is 6.93. The summed E-state index contributed by atoms with van der Waals surface area (Å²) in [7, 11) is 0. The Kier molecular flexibility index (Phi) is 5.22. The lowest BCUT2D eigenvalue weighted by atomic mass is 10.2. The van der Waals surface area contributed by atoms with Crippen molar-refractivity contribution in [1.29, 1.82) is 0 Å². The number of rotatable bonds is 5. The maximum absolute atomic E-state index is 11.6. The van der Waals surface area contributed by atoms with Gasteiger partial charge in [0, 0.05) is 12.6 Å².